The molecule has 9 nitrogen and oxygen atoms in total. The topological polar surface area (TPSA) is 119 Å². The van der Waals surface area contributed by atoms with Crippen LogP contribution in [0.3, 0.4) is 0 Å². The summed E-state index contributed by atoms with van der Waals surface area (Å²) in [6, 6.07) is 2.95. The SMILES string of the molecule is COC(=O)c1sccc1S(=O)(=O)N1CCc2nc(NC(=O)c3ccoc3)sc2C1. The molecule has 29 heavy (non-hydrogen) atoms. The van der Waals surface area contributed by atoms with E-state index in [1.807, 2.05) is 0 Å². The number of esters is 1. The van der Waals surface area contributed by atoms with Gasteiger partial charge in [-0.3, -0.25) is 10.1 Å². The maximum absolute atomic E-state index is 13.1. The van der Waals surface area contributed by atoms with Crippen LogP contribution in [0.1, 0.15) is 30.6 Å². The molecule has 0 bridgehead atoms. The molecule has 1 aliphatic rings. The van der Waals surface area contributed by atoms with E-state index in [0.717, 1.165) is 21.9 Å². The van der Waals surface area contributed by atoms with Crippen LogP contribution in [0.5, 0.6) is 0 Å². The fourth-order valence-electron chi connectivity index (χ4n) is 2.87. The molecule has 1 amide bonds. The average molecular weight is 454 g/mol. The standard InChI is InChI=1S/C17H15N3O6S3/c1-25-16(22)14-13(4-7-27-14)29(23,24)20-5-2-11-12(8-20)28-17(18-11)19-15(21)10-3-6-26-9-10/h3-4,6-7,9H,2,5,8H2,1H3,(H,18,19,21). The third-order valence-electron chi connectivity index (χ3n) is 4.32. The molecule has 0 saturated carbocycles. The molecule has 0 fully saturated rings. The number of nitrogens with one attached hydrogen (secondary N) is 1. The average Bonchev–Trinajstić information content (AvgIpc) is 3.46. The summed E-state index contributed by atoms with van der Waals surface area (Å²) in [5.41, 5.74) is 1.12. The Morgan fingerprint density at radius 1 is 1.34 bits per heavy atom. The van der Waals surface area contributed by atoms with E-state index < -0.39 is 16.0 Å². The van der Waals surface area contributed by atoms with Gasteiger partial charge < -0.3 is 9.15 Å². The van der Waals surface area contributed by atoms with Crippen molar-refractivity contribution in [2.75, 3.05) is 19.0 Å². The number of anilines is 1. The molecular formula is C17H15N3O6S3. The van der Waals surface area contributed by atoms with E-state index in [-0.39, 0.29) is 28.8 Å². The van der Waals surface area contributed by atoms with E-state index in [2.05, 4.69) is 15.0 Å². The summed E-state index contributed by atoms with van der Waals surface area (Å²) in [6.07, 6.45) is 3.14. The molecule has 0 aliphatic carbocycles. The molecule has 3 aromatic heterocycles. The number of ether oxygens (including phenoxy) is 1. The molecule has 152 valence electrons. The normalized spacial score (nSPS) is 14.4. The number of methoxy groups -OCH3 is 1. The number of furan rings is 1. The van der Waals surface area contributed by atoms with Crippen molar-refractivity contribution in [3.05, 3.63) is 51.1 Å². The number of amides is 1. The third-order valence-corrected chi connectivity index (χ3v) is 8.23. The Balaban J connectivity index is 1.54. The molecule has 0 unspecified atom stereocenters. The summed E-state index contributed by atoms with van der Waals surface area (Å²) in [6.45, 7) is 0.345. The maximum Gasteiger partial charge on any atom is 0.349 e. The zero-order chi connectivity index (χ0) is 20.6. The number of aromatic nitrogens is 1. The van der Waals surface area contributed by atoms with Crippen molar-refractivity contribution in [3.8, 4) is 0 Å². The number of carbonyl (C=O) groups excluding carboxylic acids is 2. The highest BCUT2D eigenvalue weighted by Gasteiger charge is 2.34. The maximum atomic E-state index is 13.1. The van der Waals surface area contributed by atoms with E-state index in [1.165, 1.54) is 47.4 Å². The summed E-state index contributed by atoms with van der Waals surface area (Å²) in [5, 5.41) is 4.64. The molecule has 0 spiro atoms. The molecule has 12 heteroatoms. The first kappa shape index (κ1) is 19.8. The lowest BCUT2D eigenvalue weighted by Crippen LogP contribution is -2.36. The molecular weight excluding hydrogens is 438 g/mol. The Hall–Kier alpha value is -2.54. The quantitative estimate of drug-likeness (QED) is 0.590. The van der Waals surface area contributed by atoms with Crippen LogP contribution >= 0.6 is 22.7 Å². The largest absolute Gasteiger partial charge is 0.472 e. The highest BCUT2D eigenvalue weighted by Crippen LogP contribution is 2.33. The monoisotopic (exact) mass is 453 g/mol. The van der Waals surface area contributed by atoms with Crippen molar-refractivity contribution in [1.82, 2.24) is 9.29 Å². The van der Waals surface area contributed by atoms with Gasteiger partial charge in [-0.15, -0.1) is 22.7 Å². The van der Waals surface area contributed by atoms with Crippen molar-refractivity contribution >= 4 is 49.7 Å². The van der Waals surface area contributed by atoms with Crippen LogP contribution in [0, 0.1) is 0 Å². The highest BCUT2D eigenvalue weighted by molar-refractivity contribution is 7.89. The first-order chi connectivity index (χ1) is 13.9. The fourth-order valence-corrected chi connectivity index (χ4v) is 6.69. The van der Waals surface area contributed by atoms with E-state index >= 15 is 0 Å². The zero-order valence-corrected chi connectivity index (χ0v) is 17.5. The Bertz CT molecular complexity index is 1160. The molecule has 0 aromatic carbocycles. The van der Waals surface area contributed by atoms with Gasteiger partial charge in [0.15, 0.2) is 5.13 Å². The minimum Gasteiger partial charge on any atom is -0.472 e. The summed E-state index contributed by atoms with van der Waals surface area (Å²) >= 11 is 2.25. The summed E-state index contributed by atoms with van der Waals surface area (Å²) in [5.74, 6) is -1.03. The number of sulfonamides is 1. The second-order valence-corrected chi connectivity index (χ2v) is 9.96. The lowest BCUT2D eigenvalue weighted by Gasteiger charge is -2.25. The number of thiophene rings is 1. The number of thiazole rings is 1. The van der Waals surface area contributed by atoms with Gasteiger partial charge in [0.1, 0.15) is 16.0 Å². The Morgan fingerprint density at radius 2 is 2.17 bits per heavy atom. The lowest BCUT2D eigenvalue weighted by atomic mass is 10.2. The van der Waals surface area contributed by atoms with E-state index in [1.54, 1.807) is 5.38 Å². The Morgan fingerprint density at radius 3 is 2.90 bits per heavy atom. The van der Waals surface area contributed by atoms with E-state index in [9.17, 15) is 18.0 Å². The molecule has 4 rings (SSSR count). The van der Waals surface area contributed by atoms with Gasteiger partial charge in [0, 0.05) is 17.8 Å². The molecule has 0 radical (unpaired) electrons. The summed E-state index contributed by atoms with van der Waals surface area (Å²) in [4.78, 5) is 29.2. The van der Waals surface area contributed by atoms with Crippen LogP contribution in [0.15, 0.2) is 39.4 Å². The second kappa shape index (κ2) is 7.71. The predicted octanol–water partition coefficient (Wildman–Crippen LogP) is 2.58. The number of nitrogens with zero attached hydrogens (tertiary/aromatic N) is 2. The van der Waals surface area contributed by atoms with Gasteiger partial charge in [0.2, 0.25) is 10.0 Å². The number of fused-ring (bicyclic) bond motifs is 1. The van der Waals surface area contributed by atoms with E-state index in [4.69, 9.17) is 4.42 Å². The van der Waals surface area contributed by atoms with Crippen LogP contribution in [0.4, 0.5) is 5.13 Å². The van der Waals surface area contributed by atoms with Gasteiger partial charge in [-0.05, 0) is 17.5 Å². The molecule has 3 aromatic rings. The second-order valence-electron chi connectivity index (χ2n) is 6.05. The van der Waals surface area contributed by atoms with Crippen LogP contribution in [-0.2, 0) is 27.7 Å². The highest BCUT2D eigenvalue weighted by atomic mass is 32.2. The Kier molecular flexibility index (Phi) is 5.25. The van der Waals surface area contributed by atoms with Crippen molar-refractivity contribution in [2.24, 2.45) is 0 Å². The Labute approximate surface area is 174 Å². The van der Waals surface area contributed by atoms with Crippen LogP contribution < -0.4 is 5.32 Å². The first-order valence-electron chi connectivity index (χ1n) is 8.38. The minimum absolute atomic E-state index is 0.0515. The van der Waals surface area contributed by atoms with Crippen molar-refractivity contribution < 1.29 is 27.2 Å². The molecule has 4 heterocycles. The predicted molar refractivity (Wildman–Crippen MR) is 106 cm³/mol. The van der Waals surface area contributed by atoms with Crippen LogP contribution in [0.2, 0.25) is 0 Å². The summed E-state index contributed by atoms with van der Waals surface area (Å²) < 4.78 is 37.0. The van der Waals surface area contributed by atoms with Crippen molar-refractivity contribution in [1.29, 1.82) is 0 Å². The fraction of sp³-hybridized carbons (Fsp3) is 0.235. The van der Waals surface area contributed by atoms with Gasteiger partial charge in [0.25, 0.3) is 5.91 Å². The zero-order valence-electron chi connectivity index (χ0n) is 15.1. The minimum atomic E-state index is -3.87. The van der Waals surface area contributed by atoms with Gasteiger partial charge in [-0.1, -0.05) is 0 Å². The van der Waals surface area contributed by atoms with Gasteiger partial charge >= 0.3 is 5.97 Å². The molecule has 1 aliphatic heterocycles. The van der Waals surface area contributed by atoms with Crippen molar-refractivity contribution in [3.63, 3.8) is 0 Å². The number of hydrogen-bond donors (Lipinski definition) is 1. The lowest BCUT2D eigenvalue weighted by molar-refractivity contribution is 0.0602. The summed E-state index contributed by atoms with van der Waals surface area (Å²) in [7, 11) is -2.66. The molecule has 0 saturated heterocycles. The number of rotatable bonds is 5. The molecule has 1 N–H and O–H groups in total. The van der Waals surface area contributed by atoms with Crippen molar-refractivity contribution in [2.45, 2.75) is 17.9 Å². The number of hydrogen-bond acceptors (Lipinski definition) is 9. The van der Waals surface area contributed by atoms with Gasteiger partial charge in [-0.2, -0.15) is 4.31 Å². The van der Waals surface area contributed by atoms with Crippen LogP contribution in [-0.4, -0.2) is 43.2 Å². The number of carbonyl (C=O) groups is 2. The smallest absolute Gasteiger partial charge is 0.349 e. The first-order valence-corrected chi connectivity index (χ1v) is 11.5. The van der Waals surface area contributed by atoms with Gasteiger partial charge in [-0.25, -0.2) is 18.2 Å². The molecule has 0 atom stereocenters. The van der Waals surface area contributed by atoms with Gasteiger partial charge in [0.05, 0.1) is 31.2 Å². The third kappa shape index (κ3) is 3.71. The van der Waals surface area contributed by atoms with E-state index in [0.29, 0.717) is 17.1 Å². The van der Waals surface area contributed by atoms with Crippen LogP contribution in [0.25, 0.3) is 0 Å².